The van der Waals surface area contributed by atoms with Crippen LogP contribution in [0.3, 0.4) is 0 Å². The van der Waals surface area contributed by atoms with E-state index in [1.54, 1.807) is 7.11 Å². The van der Waals surface area contributed by atoms with Crippen molar-refractivity contribution in [1.82, 2.24) is 4.90 Å². The molecule has 0 bridgehead atoms. The topological polar surface area (TPSA) is 29.5 Å². The fraction of sp³-hybridized carbons (Fsp3) is 0.632. The number of methoxy groups -OCH3 is 1. The Labute approximate surface area is 137 Å². The molecule has 0 unspecified atom stereocenters. The van der Waals surface area contributed by atoms with Crippen LogP contribution in [-0.2, 0) is 9.53 Å². The molecular formula is C19H35NO2. The molecule has 0 aliphatic carbocycles. The zero-order valence-electron chi connectivity index (χ0n) is 15.6. The predicted molar refractivity (Wildman–Crippen MR) is 97.0 cm³/mol. The van der Waals surface area contributed by atoms with Crippen LogP contribution in [0.1, 0.15) is 54.4 Å². The van der Waals surface area contributed by atoms with Crippen molar-refractivity contribution in [1.29, 1.82) is 0 Å². The molecule has 1 amide bonds. The molecule has 0 aromatic rings. The lowest BCUT2D eigenvalue weighted by atomic mass is 10.0. The molecule has 128 valence electrons. The third-order valence-corrected chi connectivity index (χ3v) is 3.05. The Morgan fingerprint density at radius 2 is 1.77 bits per heavy atom. The maximum Gasteiger partial charge on any atom is 0.210 e. The Balaban J connectivity index is 0. The molecule has 1 aliphatic rings. The summed E-state index contributed by atoms with van der Waals surface area (Å²) in [6, 6.07) is 0. The third-order valence-electron chi connectivity index (χ3n) is 3.05. The van der Waals surface area contributed by atoms with Crippen molar-refractivity contribution < 1.29 is 9.53 Å². The molecule has 0 spiro atoms. The van der Waals surface area contributed by atoms with Gasteiger partial charge < -0.3 is 9.64 Å². The van der Waals surface area contributed by atoms with E-state index in [2.05, 4.69) is 12.7 Å². The average Bonchev–Trinajstić information content (AvgIpc) is 2.71. The molecule has 0 saturated carbocycles. The lowest BCUT2D eigenvalue weighted by molar-refractivity contribution is -0.117. The van der Waals surface area contributed by atoms with Crippen molar-refractivity contribution in [2.45, 2.75) is 60.0 Å². The van der Waals surface area contributed by atoms with E-state index in [1.807, 2.05) is 58.6 Å². The molecule has 0 aromatic carbocycles. The fourth-order valence-corrected chi connectivity index (χ4v) is 1.72. The lowest BCUT2D eigenvalue weighted by Crippen LogP contribution is -2.23. The molecule has 0 saturated heterocycles. The zero-order chi connectivity index (χ0) is 17.6. The third kappa shape index (κ3) is 11.3. The second-order valence-corrected chi connectivity index (χ2v) is 5.75. The van der Waals surface area contributed by atoms with E-state index < -0.39 is 0 Å². The highest BCUT2D eigenvalue weighted by molar-refractivity contribution is 5.49. The van der Waals surface area contributed by atoms with Gasteiger partial charge in [0.1, 0.15) is 0 Å². The Kier molecular flexibility index (Phi) is 13.9. The summed E-state index contributed by atoms with van der Waals surface area (Å²) in [6.07, 6.45) is 8.96. The van der Waals surface area contributed by atoms with Gasteiger partial charge in [0.2, 0.25) is 6.41 Å². The van der Waals surface area contributed by atoms with Crippen LogP contribution in [0.15, 0.2) is 36.0 Å². The normalized spacial score (nSPS) is 15.3. The van der Waals surface area contributed by atoms with Gasteiger partial charge in [0, 0.05) is 20.2 Å². The summed E-state index contributed by atoms with van der Waals surface area (Å²) in [4.78, 5) is 12.5. The Morgan fingerprint density at radius 3 is 2.14 bits per heavy atom. The summed E-state index contributed by atoms with van der Waals surface area (Å²) in [7, 11) is 1.71. The molecule has 0 fully saturated rings. The van der Waals surface area contributed by atoms with E-state index in [1.165, 1.54) is 11.1 Å². The highest BCUT2D eigenvalue weighted by atomic mass is 16.5. The number of nitrogens with zero attached hydrogens (tertiary/aromatic N) is 1. The van der Waals surface area contributed by atoms with Gasteiger partial charge in [-0.05, 0) is 51.7 Å². The number of rotatable bonds is 3. The van der Waals surface area contributed by atoms with Crippen molar-refractivity contribution >= 4 is 6.41 Å². The average molecular weight is 309 g/mol. The van der Waals surface area contributed by atoms with Gasteiger partial charge in [0.25, 0.3) is 0 Å². The van der Waals surface area contributed by atoms with Crippen LogP contribution in [-0.4, -0.2) is 37.1 Å². The maximum atomic E-state index is 10.7. The molecule has 3 heteroatoms. The highest BCUT2D eigenvalue weighted by Gasteiger charge is 2.11. The second-order valence-electron chi connectivity index (χ2n) is 5.75. The lowest BCUT2D eigenvalue weighted by Gasteiger charge is -2.14. The van der Waals surface area contributed by atoms with Crippen LogP contribution in [0.2, 0.25) is 0 Å². The van der Waals surface area contributed by atoms with Crippen LogP contribution in [0.25, 0.3) is 0 Å². The van der Waals surface area contributed by atoms with E-state index in [0.717, 1.165) is 32.3 Å². The fourth-order valence-electron chi connectivity index (χ4n) is 1.72. The molecule has 0 atom stereocenters. The van der Waals surface area contributed by atoms with Gasteiger partial charge in [0.05, 0.1) is 5.60 Å². The molecule has 1 heterocycles. The van der Waals surface area contributed by atoms with Crippen LogP contribution in [0.4, 0.5) is 0 Å². The number of ether oxygens (including phenoxy) is 1. The van der Waals surface area contributed by atoms with Gasteiger partial charge in [-0.3, -0.25) is 4.79 Å². The van der Waals surface area contributed by atoms with Crippen LogP contribution in [0, 0.1) is 0 Å². The Bertz CT molecular complexity index is 362. The van der Waals surface area contributed by atoms with Gasteiger partial charge in [-0.1, -0.05) is 38.7 Å². The smallest absolute Gasteiger partial charge is 0.210 e. The van der Waals surface area contributed by atoms with Gasteiger partial charge >= 0.3 is 0 Å². The zero-order valence-corrected chi connectivity index (χ0v) is 15.6. The number of amides is 1. The molecule has 1 rings (SSSR count). The second kappa shape index (κ2) is 13.3. The van der Waals surface area contributed by atoms with Gasteiger partial charge in [-0.25, -0.2) is 0 Å². The van der Waals surface area contributed by atoms with Crippen molar-refractivity contribution in [2.75, 3.05) is 20.2 Å². The molecule has 1 aliphatic heterocycles. The Hall–Kier alpha value is -1.35. The van der Waals surface area contributed by atoms with Crippen molar-refractivity contribution in [3.63, 3.8) is 0 Å². The van der Waals surface area contributed by atoms with Crippen molar-refractivity contribution in [3.05, 3.63) is 36.0 Å². The molecule has 3 nitrogen and oxygen atoms in total. The van der Waals surface area contributed by atoms with E-state index in [4.69, 9.17) is 4.74 Å². The minimum absolute atomic E-state index is 0.0417. The molecule has 0 aromatic heterocycles. The molecule has 0 radical (unpaired) electrons. The van der Waals surface area contributed by atoms with Crippen molar-refractivity contribution in [3.8, 4) is 0 Å². The van der Waals surface area contributed by atoms with Crippen molar-refractivity contribution in [2.24, 2.45) is 0 Å². The summed E-state index contributed by atoms with van der Waals surface area (Å²) in [6.45, 7) is 17.4. The summed E-state index contributed by atoms with van der Waals surface area (Å²) < 4.78 is 4.94. The number of carbonyl (C=O) groups is 1. The number of hydrogen-bond donors (Lipinski definition) is 0. The van der Waals surface area contributed by atoms with Crippen LogP contribution >= 0.6 is 0 Å². The van der Waals surface area contributed by atoms with E-state index in [-0.39, 0.29) is 5.60 Å². The maximum absolute atomic E-state index is 10.7. The first-order chi connectivity index (χ1) is 10.4. The summed E-state index contributed by atoms with van der Waals surface area (Å²) in [5, 5.41) is 0. The van der Waals surface area contributed by atoms with Gasteiger partial charge in [-0.2, -0.15) is 0 Å². The first-order valence-electron chi connectivity index (χ1n) is 8.09. The summed E-state index contributed by atoms with van der Waals surface area (Å²) >= 11 is 0. The number of carbonyl (C=O) groups excluding carboxylic acids is 1. The minimum atomic E-state index is 0.0417. The first kappa shape index (κ1) is 22.9. The largest absolute Gasteiger partial charge is 0.379 e. The van der Waals surface area contributed by atoms with E-state index >= 15 is 0 Å². The monoisotopic (exact) mass is 309 g/mol. The van der Waals surface area contributed by atoms with E-state index in [0.29, 0.717) is 0 Å². The number of hydrogen-bond acceptors (Lipinski definition) is 2. The standard InChI is InChI=1S/C12H17NO.C5H12O.C2H6/c1-3-6-12-9-13(10-14)8-5-7-11(12)4-2;1-5(2,3)6-4;1-2/h3-4,6,10H,2,5,7-9H2,1H3;1-4H3;1-2H3/b6-3-;;. The van der Waals surface area contributed by atoms with Gasteiger partial charge in [0.15, 0.2) is 0 Å². The van der Waals surface area contributed by atoms with Gasteiger partial charge in [-0.15, -0.1) is 0 Å². The first-order valence-corrected chi connectivity index (χ1v) is 8.09. The number of allylic oxidation sites excluding steroid dienone is 3. The van der Waals surface area contributed by atoms with E-state index in [9.17, 15) is 4.79 Å². The van der Waals surface area contributed by atoms with Crippen LogP contribution < -0.4 is 0 Å². The Morgan fingerprint density at radius 1 is 1.23 bits per heavy atom. The quantitative estimate of drug-likeness (QED) is 0.704. The molecule has 22 heavy (non-hydrogen) atoms. The molecule has 0 N–H and O–H groups in total. The SMILES string of the molecule is C=CC1=C(/C=C\C)CN(C=O)CCC1.CC.COC(C)(C)C. The predicted octanol–water partition coefficient (Wildman–Crippen LogP) is 4.75. The minimum Gasteiger partial charge on any atom is -0.379 e. The summed E-state index contributed by atoms with van der Waals surface area (Å²) in [5.74, 6) is 0. The summed E-state index contributed by atoms with van der Waals surface area (Å²) in [5.41, 5.74) is 2.53. The van der Waals surface area contributed by atoms with Crippen LogP contribution in [0.5, 0.6) is 0 Å². The molecular weight excluding hydrogens is 274 g/mol. The highest BCUT2D eigenvalue weighted by Crippen LogP contribution is 2.19.